The Morgan fingerprint density at radius 1 is 1.42 bits per heavy atom. The second-order valence-electron chi connectivity index (χ2n) is 4.10. The van der Waals surface area contributed by atoms with Gasteiger partial charge in [0, 0.05) is 10.2 Å². The first kappa shape index (κ1) is 13.0. The van der Waals surface area contributed by atoms with E-state index < -0.39 is 0 Å². The summed E-state index contributed by atoms with van der Waals surface area (Å²) >= 11 is 7.03. The van der Waals surface area contributed by atoms with Crippen molar-refractivity contribution in [3.63, 3.8) is 0 Å². The van der Waals surface area contributed by atoms with Crippen molar-refractivity contribution in [1.29, 1.82) is 0 Å². The van der Waals surface area contributed by atoms with Crippen molar-refractivity contribution < 1.29 is 0 Å². The highest BCUT2D eigenvalue weighted by Crippen LogP contribution is 2.38. The molecule has 73 valence electrons. The van der Waals surface area contributed by atoms with Gasteiger partial charge in [-0.1, -0.05) is 66.0 Å². The molecule has 0 nitrogen and oxygen atoms in total. The van der Waals surface area contributed by atoms with E-state index in [-0.39, 0.29) is 0 Å². The van der Waals surface area contributed by atoms with Gasteiger partial charge in [0.15, 0.2) is 0 Å². The molecule has 2 heteroatoms. The number of hydrogen-bond donors (Lipinski definition) is 0. The van der Waals surface area contributed by atoms with Crippen LogP contribution in [-0.2, 0) is 0 Å². The van der Waals surface area contributed by atoms with Gasteiger partial charge >= 0.3 is 0 Å². The van der Waals surface area contributed by atoms with Gasteiger partial charge in [-0.25, -0.2) is 0 Å². The summed E-state index contributed by atoms with van der Waals surface area (Å²) < 4.78 is 0. The molecular formula is C10H19Br2. The van der Waals surface area contributed by atoms with Gasteiger partial charge in [-0.05, 0) is 17.8 Å². The van der Waals surface area contributed by atoms with E-state index in [0.29, 0.717) is 16.2 Å². The van der Waals surface area contributed by atoms with E-state index in [0.717, 1.165) is 0 Å². The first-order valence-electron chi connectivity index (χ1n) is 4.53. The van der Waals surface area contributed by atoms with Crippen molar-refractivity contribution >= 4 is 31.9 Å². The SMILES string of the molecule is CCCC(C)(C)C(C)C(Br)[CH]Br. The number of hydrogen-bond acceptors (Lipinski definition) is 0. The van der Waals surface area contributed by atoms with Crippen LogP contribution < -0.4 is 0 Å². The minimum absolute atomic E-state index is 0.424. The van der Waals surface area contributed by atoms with Crippen molar-refractivity contribution in [3.05, 3.63) is 5.33 Å². The largest absolute Gasteiger partial charge is 0.0875 e. The lowest BCUT2D eigenvalue weighted by Gasteiger charge is -2.34. The van der Waals surface area contributed by atoms with E-state index in [1.54, 1.807) is 0 Å². The molecule has 0 aliphatic carbocycles. The zero-order valence-electron chi connectivity index (χ0n) is 8.40. The molecule has 0 heterocycles. The fourth-order valence-electron chi connectivity index (χ4n) is 1.41. The van der Waals surface area contributed by atoms with Crippen LogP contribution in [0.25, 0.3) is 0 Å². The molecule has 0 aromatic carbocycles. The van der Waals surface area contributed by atoms with Crippen molar-refractivity contribution in [2.45, 2.75) is 45.4 Å². The summed E-state index contributed by atoms with van der Waals surface area (Å²) in [6.45, 7) is 9.22. The topological polar surface area (TPSA) is 0 Å². The van der Waals surface area contributed by atoms with Gasteiger partial charge in [-0.15, -0.1) is 0 Å². The second-order valence-corrected chi connectivity index (χ2v) is 5.68. The van der Waals surface area contributed by atoms with E-state index in [1.807, 2.05) is 0 Å². The van der Waals surface area contributed by atoms with Crippen LogP contribution in [0.1, 0.15) is 40.5 Å². The molecule has 0 aromatic rings. The highest BCUT2D eigenvalue weighted by atomic mass is 79.9. The first-order chi connectivity index (χ1) is 5.45. The summed E-state index contributed by atoms with van der Waals surface area (Å²) in [6.07, 6.45) is 2.55. The van der Waals surface area contributed by atoms with E-state index in [2.05, 4.69) is 64.9 Å². The van der Waals surface area contributed by atoms with Crippen molar-refractivity contribution in [2.75, 3.05) is 0 Å². The summed E-state index contributed by atoms with van der Waals surface area (Å²) in [5.74, 6) is 0.664. The smallest absolute Gasteiger partial charge is 0.0409 e. The molecule has 0 N–H and O–H groups in total. The molecular weight excluding hydrogens is 280 g/mol. The minimum atomic E-state index is 0.424. The third kappa shape index (κ3) is 3.78. The number of rotatable bonds is 5. The third-order valence-electron chi connectivity index (χ3n) is 2.73. The second kappa shape index (κ2) is 5.64. The van der Waals surface area contributed by atoms with E-state index in [1.165, 1.54) is 12.8 Å². The summed E-state index contributed by atoms with van der Waals surface area (Å²) in [4.78, 5) is 0.471. The van der Waals surface area contributed by atoms with Crippen LogP contribution in [0.3, 0.4) is 0 Å². The fourth-order valence-corrected chi connectivity index (χ4v) is 2.59. The van der Waals surface area contributed by atoms with Crippen LogP contribution in [0.15, 0.2) is 0 Å². The normalized spacial score (nSPS) is 17.5. The summed E-state index contributed by atoms with van der Waals surface area (Å²) in [5.41, 5.74) is 0.424. The van der Waals surface area contributed by atoms with Crippen LogP contribution in [0.4, 0.5) is 0 Å². The zero-order chi connectivity index (χ0) is 9.78. The van der Waals surface area contributed by atoms with Crippen molar-refractivity contribution in [2.24, 2.45) is 11.3 Å². The van der Waals surface area contributed by atoms with E-state index >= 15 is 0 Å². The Morgan fingerprint density at radius 2 is 1.92 bits per heavy atom. The molecule has 12 heavy (non-hydrogen) atoms. The Morgan fingerprint density at radius 3 is 2.25 bits per heavy atom. The average molecular weight is 299 g/mol. The molecule has 0 saturated heterocycles. The molecule has 1 radical (unpaired) electrons. The molecule has 0 rings (SSSR count). The average Bonchev–Trinajstić information content (AvgIpc) is 2.01. The molecule has 0 fully saturated rings. The lowest BCUT2D eigenvalue weighted by Crippen LogP contribution is -2.28. The Kier molecular flexibility index (Phi) is 6.09. The standard InChI is InChI=1S/C10H19Br2/c1-5-6-10(3,4)8(2)9(12)7-11/h7-9H,5-6H2,1-4H3. The van der Waals surface area contributed by atoms with Crippen LogP contribution in [0.5, 0.6) is 0 Å². The molecule has 0 bridgehead atoms. The van der Waals surface area contributed by atoms with Crippen LogP contribution >= 0.6 is 31.9 Å². The summed E-state index contributed by atoms with van der Waals surface area (Å²) in [6, 6.07) is 0. The minimum Gasteiger partial charge on any atom is -0.0875 e. The fraction of sp³-hybridized carbons (Fsp3) is 0.900. The van der Waals surface area contributed by atoms with Gasteiger partial charge in [0.1, 0.15) is 0 Å². The maximum Gasteiger partial charge on any atom is 0.0409 e. The van der Waals surface area contributed by atoms with Gasteiger partial charge in [0.2, 0.25) is 0 Å². The monoisotopic (exact) mass is 297 g/mol. The van der Waals surface area contributed by atoms with E-state index in [9.17, 15) is 0 Å². The number of alkyl halides is 1. The Balaban J connectivity index is 4.13. The molecule has 2 unspecified atom stereocenters. The van der Waals surface area contributed by atoms with Gasteiger partial charge in [-0.3, -0.25) is 0 Å². The zero-order valence-corrected chi connectivity index (χ0v) is 11.6. The van der Waals surface area contributed by atoms with Gasteiger partial charge in [-0.2, -0.15) is 0 Å². The first-order valence-corrected chi connectivity index (χ1v) is 6.36. The van der Waals surface area contributed by atoms with Crippen molar-refractivity contribution in [3.8, 4) is 0 Å². The van der Waals surface area contributed by atoms with Crippen LogP contribution in [0, 0.1) is 16.7 Å². The molecule has 0 aliphatic rings. The van der Waals surface area contributed by atoms with Gasteiger partial charge in [0.05, 0.1) is 0 Å². The van der Waals surface area contributed by atoms with E-state index in [4.69, 9.17) is 0 Å². The highest BCUT2D eigenvalue weighted by Gasteiger charge is 2.29. The third-order valence-corrected chi connectivity index (χ3v) is 5.06. The van der Waals surface area contributed by atoms with Gasteiger partial charge < -0.3 is 0 Å². The molecule has 0 spiro atoms. The number of halogens is 2. The molecule has 0 aromatic heterocycles. The molecule has 0 aliphatic heterocycles. The molecule has 0 saturated carbocycles. The predicted molar refractivity (Wildman–Crippen MR) is 63.8 cm³/mol. The van der Waals surface area contributed by atoms with Crippen molar-refractivity contribution in [1.82, 2.24) is 0 Å². The maximum absolute atomic E-state index is 3.65. The summed E-state index contributed by atoms with van der Waals surface area (Å²) in [7, 11) is 0. The molecule has 0 amide bonds. The van der Waals surface area contributed by atoms with Crippen LogP contribution in [0.2, 0.25) is 0 Å². The lowest BCUT2D eigenvalue weighted by atomic mass is 9.75. The highest BCUT2D eigenvalue weighted by molar-refractivity contribution is 9.13. The Bertz CT molecular complexity index is 121. The summed E-state index contributed by atoms with van der Waals surface area (Å²) in [5, 5.41) is 2.05. The Hall–Kier alpha value is 0.960. The molecule has 2 atom stereocenters. The lowest BCUT2D eigenvalue weighted by molar-refractivity contribution is 0.216. The van der Waals surface area contributed by atoms with Crippen LogP contribution in [-0.4, -0.2) is 4.83 Å². The van der Waals surface area contributed by atoms with Gasteiger partial charge in [0.25, 0.3) is 0 Å². The Labute approximate surface area is 93.8 Å². The quantitative estimate of drug-likeness (QED) is 0.641. The predicted octanol–water partition coefficient (Wildman–Crippen LogP) is 4.77. The maximum atomic E-state index is 3.65.